The number of carbonyl (C=O) groups is 2. The Balaban J connectivity index is 1.93. The molecule has 0 heterocycles. The van der Waals surface area contributed by atoms with Crippen molar-refractivity contribution in [3.63, 3.8) is 0 Å². The van der Waals surface area contributed by atoms with E-state index in [1.54, 1.807) is 47.4 Å². The smallest absolute Gasteiger partial charge is 0.247 e. The van der Waals surface area contributed by atoms with Crippen LogP contribution in [0.4, 0.5) is 4.39 Å². The molecular weight excluding hydrogens is 469 g/mol. The minimum Gasteiger partial charge on any atom is -0.508 e. The summed E-state index contributed by atoms with van der Waals surface area (Å²) in [5, 5.41) is 12.4. The first-order valence-electron chi connectivity index (χ1n) is 12.5. The van der Waals surface area contributed by atoms with Gasteiger partial charge in [0.25, 0.3) is 0 Å². The van der Waals surface area contributed by atoms with E-state index in [9.17, 15) is 19.1 Å². The van der Waals surface area contributed by atoms with E-state index < -0.39 is 11.9 Å². The predicted octanol–water partition coefficient (Wildman–Crippen LogP) is 4.67. The van der Waals surface area contributed by atoms with Crippen LogP contribution in [0.2, 0.25) is 0 Å². The molecule has 0 aliphatic heterocycles. The molecule has 7 heteroatoms. The highest BCUT2D eigenvalue weighted by Gasteiger charge is 2.41. The van der Waals surface area contributed by atoms with Crippen LogP contribution in [0.25, 0.3) is 0 Å². The molecule has 6 nitrogen and oxygen atoms in total. The minimum absolute atomic E-state index is 0.0776. The number of hydrogen-bond donors (Lipinski definition) is 2. The number of allylic oxidation sites excluding steroid dienone is 2. The van der Waals surface area contributed by atoms with Gasteiger partial charge in [-0.15, -0.1) is 0 Å². The molecule has 0 aromatic heterocycles. The van der Waals surface area contributed by atoms with Crippen LogP contribution < -0.4 is 5.32 Å². The van der Waals surface area contributed by atoms with E-state index in [2.05, 4.69) is 18.5 Å². The van der Waals surface area contributed by atoms with Crippen LogP contribution in [-0.2, 0) is 22.6 Å². The molecule has 0 radical (unpaired) electrons. The van der Waals surface area contributed by atoms with Gasteiger partial charge in [0.1, 0.15) is 17.6 Å². The van der Waals surface area contributed by atoms with Gasteiger partial charge in [-0.05, 0) is 79.9 Å². The molecule has 0 saturated heterocycles. The van der Waals surface area contributed by atoms with E-state index in [0.29, 0.717) is 18.5 Å². The molecule has 0 spiro atoms. The summed E-state index contributed by atoms with van der Waals surface area (Å²) in [6, 6.07) is 10.3. The quantitative estimate of drug-likeness (QED) is 0.388. The number of benzene rings is 2. The molecule has 0 bridgehead atoms. The highest BCUT2D eigenvalue weighted by Crippen LogP contribution is 2.36. The number of aryl methyl sites for hydroxylation is 1. The molecule has 37 heavy (non-hydrogen) atoms. The van der Waals surface area contributed by atoms with Crippen LogP contribution >= 0.6 is 0 Å². The maximum absolute atomic E-state index is 14.7. The zero-order valence-electron chi connectivity index (χ0n) is 21.6. The average molecular weight is 506 g/mol. The lowest BCUT2D eigenvalue weighted by atomic mass is 9.99. The molecule has 1 aliphatic rings. The van der Waals surface area contributed by atoms with Crippen LogP contribution in [0, 0.1) is 5.82 Å². The van der Waals surface area contributed by atoms with Crippen molar-refractivity contribution in [1.82, 2.24) is 15.1 Å². The summed E-state index contributed by atoms with van der Waals surface area (Å²) in [4.78, 5) is 30.8. The predicted molar refractivity (Wildman–Crippen MR) is 144 cm³/mol. The van der Waals surface area contributed by atoms with Crippen LogP contribution in [0.5, 0.6) is 5.75 Å². The highest BCUT2D eigenvalue weighted by atomic mass is 19.1. The van der Waals surface area contributed by atoms with Crippen molar-refractivity contribution >= 4 is 11.8 Å². The normalized spacial score (nSPS) is 14.2. The SMILES string of the molecule is C=C/C=C(\C=C)CNC(=O)C(c1cc(F)cc(CN(C)C)c1)N(C(=O)CCc1ccc(O)cc1)C1CC1. The van der Waals surface area contributed by atoms with Gasteiger partial charge in [-0.25, -0.2) is 4.39 Å². The van der Waals surface area contributed by atoms with Crippen molar-refractivity contribution in [2.75, 3.05) is 20.6 Å². The Morgan fingerprint density at radius 3 is 2.43 bits per heavy atom. The fourth-order valence-corrected chi connectivity index (χ4v) is 4.32. The van der Waals surface area contributed by atoms with E-state index in [4.69, 9.17) is 0 Å². The van der Waals surface area contributed by atoms with Gasteiger partial charge < -0.3 is 20.2 Å². The standard InChI is InChI=1S/C30H36FN3O3/c1-5-7-21(6-2)19-32-30(37)29(24-16-23(20-33(3)4)17-25(31)18-24)34(26-11-12-26)28(36)15-10-22-8-13-27(35)14-9-22/h5-9,13-14,16-18,26,29,35H,1-2,10-12,15,19-20H2,3-4H3,(H,32,37)/b21-7+. The Morgan fingerprint density at radius 2 is 1.84 bits per heavy atom. The number of phenols is 1. The van der Waals surface area contributed by atoms with Crippen molar-refractivity contribution < 1.29 is 19.1 Å². The van der Waals surface area contributed by atoms with Crippen LogP contribution in [0.15, 0.2) is 79.4 Å². The van der Waals surface area contributed by atoms with Crippen molar-refractivity contribution in [2.45, 2.75) is 44.3 Å². The highest BCUT2D eigenvalue weighted by molar-refractivity contribution is 5.89. The summed E-state index contributed by atoms with van der Waals surface area (Å²) < 4.78 is 14.7. The molecule has 1 aliphatic carbocycles. The first-order valence-corrected chi connectivity index (χ1v) is 12.5. The first-order chi connectivity index (χ1) is 17.7. The topological polar surface area (TPSA) is 72.9 Å². The van der Waals surface area contributed by atoms with Gasteiger partial charge in [-0.2, -0.15) is 0 Å². The summed E-state index contributed by atoms with van der Waals surface area (Å²) in [6.07, 6.45) is 7.25. The minimum atomic E-state index is -0.966. The van der Waals surface area contributed by atoms with Crippen LogP contribution in [0.3, 0.4) is 0 Å². The Labute approximate surface area is 218 Å². The zero-order chi connectivity index (χ0) is 26.9. The number of hydrogen-bond acceptors (Lipinski definition) is 4. The van der Waals surface area contributed by atoms with Gasteiger partial charge in [-0.3, -0.25) is 9.59 Å². The van der Waals surface area contributed by atoms with Gasteiger partial charge in [0.05, 0.1) is 0 Å². The Morgan fingerprint density at radius 1 is 1.14 bits per heavy atom. The fraction of sp³-hybridized carbons (Fsp3) is 0.333. The second-order valence-corrected chi connectivity index (χ2v) is 9.63. The Hall–Kier alpha value is -3.71. The number of amides is 2. The fourth-order valence-electron chi connectivity index (χ4n) is 4.32. The third-order valence-electron chi connectivity index (χ3n) is 6.17. The summed E-state index contributed by atoms with van der Waals surface area (Å²) in [5.74, 6) is -0.823. The Bertz CT molecular complexity index is 1150. The van der Waals surface area contributed by atoms with Crippen LogP contribution in [-0.4, -0.2) is 53.4 Å². The number of phenolic OH excluding ortho intramolecular Hbond substituents is 1. The first kappa shape index (κ1) is 27.9. The van der Waals surface area contributed by atoms with Crippen molar-refractivity contribution in [2.24, 2.45) is 0 Å². The number of aromatic hydroxyl groups is 1. The number of nitrogens with one attached hydrogen (secondary N) is 1. The molecule has 2 N–H and O–H groups in total. The third-order valence-corrected chi connectivity index (χ3v) is 6.17. The molecule has 2 aromatic rings. The zero-order valence-corrected chi connectivity index (χ0v) is 21.6. The number of carbonyl (C=O) groups excluding carboxylic acids is 2. The molecule has 3 rings (SSSR count). The summed E-state index contributed by atoms with van der Waals surface area (Å²) >= 11 is 0. The lowest BCUT2D eigenvalue weighted by Gasteiger charge is -2.32. The average Bonchev–Trinajstić information content (AvgIpc) is 3.68. The van der Waals surface area contributed by atoms with Crippen LogP contribution in [0.1, 0.15) is 42.0 Å². The van der Waals surface area contributed by atoms with Crippen molar-refractivity contribution in [3.8, 4) is 5.75 Å². The van der Waals surface area contributed by atoms with E-state index in [1.807, 2.05) is 25.1 Å². The van der Waals surface area contributed by atoms with Gasteiger partial charge in [0.15, 0.2) is 0 Å². The second kappa shape index (κ2) is 13.0. The summed E-state index contributed by atoms with van der Waals surface area (Å²) in [6.45, 7) is 8.17. The van der Waals surface area contributed by atoms with Crippen molar-refractivity contribution in [3.05, 3.63) is 102 Å². The van der Waals surface area contributed by atoms with Crippen molar-refractivity contribution in [1.29, 1.82) is 0 Å². The molecular formula is C30H36FN3O3. The number of rotatable bonds is 13. The maximum Gasteiger partial charge on any atom is 0.247 e. The van der Waals surface area contributed by atoms with Gasteiger partial charge >= 0.3 is 0 Å². The summed E-state index contributed by atoms with van der Waals surface area (Å²) in [5.41, 5.74) is 2.86. The van der Waals surface area contributed by atoms with E-state index >= 15 is 0 Å². The van der Waals surface area contributed by atoms with E-state index in [1.165, 1.54) is 12.1 Å². The third kappa shape index (κ3) is 8.15. The Kier molecular flexibility index (Phi) is 9.80. The molecule has 196 valence electrons. The molecule has 2 amide bonds. The molecule has 1 unspecified atom stereocenters. The molecule has 1 atom stereocenters. The number of nitrogens with zero attached hydrogens (tertiary/aromatic N) is 2. The molecule has 1 saturated carbocycles. The maximum atomic E-state index is 14.7. The van der Waals surface area contributed by atoms with Gasteiger partial charge in [0, 0.05) is 25.6 Å². The number of halogens is 1. The second-order valence-electron chi connectivity index (χ2n) is 9.63. The lowest BCUT2D eigenvalue weighted by Crippen LogP contribution is -2.45. The van der Waals surface area contributed by atoms with E-state index in [0.717, 1.165) is 29.5 Å². The lowest BCUT2D eigenvalue weighted by molar-refractivity contribution is -0.141. The van der Waals surface area contributed by atoms with Gasteiger partial charge in [0.2, 0.25) is 11.8 Å². The molecule has 2 aromatic carbocycles. The summed E-state index contributed by atoms with van der Waals surface area (Å²) in [7, 11) is 3.78. The van der Waals surface area contributed by atoms with E-state index in [-0.39, 0.29) is 36.6 Å². The monoisotopic (exact) mass is 505 g/mol. The molecule has 1 fully saturated rings. The van der Waals surface area contributed by atoms with Gasteiger partial charge in [-0.1, -0.05) is 49.6 Å². The largest absolute Gasteiger partial charge is 0.508 e.